The van der Waals surface area contributed by atoms with Crippen molar-refractivity contribution in [3.05, 3.63) is 118 Å². The fourth-order valence-corrected chi connectivity index (χ4v) is 14.8. The van der Waals surface area contributed by atoms with E-state index in [1.165, 1.54) is 0 Å². The molecule has 0 aromatic heterocycles. The molecule has 0 heterocycles. The van der Waals surface area contributed by atoms with Gasteiger partial charge >= 0.3 is 12.2 Å². The van der Waals surface area contributed by atoms with Crippen LogP contribution in [0, 0.1) is 0 Å². The number of hydrogen-bond acceptors (Lipinski definition) is 7. The van der Waals surface area contributed by atoms with Crippen molar-refractivity contribution >= 4 is 42.3 Å². The van der Waals surface area contributed by atoms with Gasteiger partial charge in [0.05, 0.1) is 4.47 Å². The van der Waals surface area contributed by atoms with E-state index in [0.29, 0.717) is 67.8 Å². The number of benzene rings is 4. The molecule has 0 aliphatic heterocycles. The maximum atomic E-state index is 13.6. The summed E-state index contributed by atoms with van der Waals surface area (Å²) in [7, 11) is -2.35. The average Bonchev–Trinajstić information content (AvgIpc) is 3.54. The first kappa shape index (κ1) is 49.2. The topological polar surface area (TPSA) is 124 Å². The number of amides is 3. The van der Waals surface area contributed by atoms with Crippen LogP contribution in [0.3, 0.4) is 0 Å². The Morgan fingerprint density at radius 2 is 1.33 bits per heavy atom. The number of carbonyl (C=O) groups is 3. The maximum Gasteiger partial charge on any atom is 0.407 e. The quantitative estimate of drug-likeness (QED) is 0.0561. The molecule has 3 N–H and O–H groups in total. The van der Waals surface area contributed by atoms with Crippen LogP contribution in [-0.4, -0.2) is 57.8 Å². The van der Waals surface area contributed by atoms with Gasteiger partial charge in [0.25, 0.3) is 8.32 Å². The van der Waals surface area contributed by atoms with E-state index in [1.807, 2.05) is 81.4 Å². The largest absolute Gasteiger partial charge is 0.540 e. The zero-order chi connectivity index (χ0) is 45.7. The lowest BCUT2D eigenvalue weighted by molar-refractivity contribution is -0.121. The second-order valence-electron chi connectivity index (χ2n) is 18.5. The summed E-state index contributed by atoms with van der Waals surface area (Å²) in [4.78, 5) is 39.2. The molecule has 1 aliphatic rings. The number of alkyl carbamates (subject to hydrolysis) is 2. The number of carbonyl (C=O) groups excluding carboxylic acids is 3. The number of fused-ring (bicyclic) bond motifs is 3. The number of halogens is 1. The van der Waals surface area contributed by atoms with E-state index in [4.69, 9.17) is 18.6 Å². The lowest BCUT2D eigenvalue weighted by atomic mass is 9.98. The third-order valence-corrected chi connectivity index (χ3v) is 18.3. The summed E-state index contributed by atoms with van der Waals surface area (Å²) < 4.78 is 25.7. The van der Waals surface area contributed by atoms with Gasteiger partial charge in [-0.2, -0.15) is 0 Å². The van der Waals surface area contributed by atoms with Crippen LogP contribution in [0.2, 0.25) is 16.6 Å². The highest BCUT2D eigenvalue weighted by molar-refractivity contribution is 9.10. The molecule has 0 radical (unpaired) electrons. The van der Waals surface area contributed by atoms with Gasteiger partial charge in [0.1, 0.15) is 24.6 Å². The van der Waals surface area contributed by atoms with Gasteiger partial charge in [-0.05, 0) is 125 Å². The second kappa shape index (κ2) is 22.7. The molecule has 0 spiro atoms. The third kappa shape index (κ3) is 13.6. The van der Waals surface area contributed by atoms with E-state index >= 15 is 0 Å². The molecule has 10 nitrogen and oxygen atoms in total. The van der Waals surface area contributed by atoms with Crippen LogP contribution in [0.4, 0.5) is 9.59 Å². The maximum absolute atomic E-state index is 13.6. The minimum atomic E-state index is -2.35. The predicted octanol–water partition coefficient (Wildman–Crippen LogP) is 12.2. The van der Waals surface area contributed by atoms with Crippen molar-refractivity contribution < 1.29 is 33.0 Å². The SMILES string of the molecule is CC(C)[Si](Oc1cc(CCNC(=O)C[C@H](CCCCNC(=O)OC(C)(C)C)NC(=O)OCC2c3ccccc3-c3ccccc32)cc(Br)c1OCc1ccccc1)(C(C)C)C(C)C. The molecule has 4 aromatic carbocycles. The van der Waals surface area contributed by atoms with Gasteiger partial charge in [-0.3, -0.25) is 4.79 Å². The lowest BCUT2D eigenvalue weighted by Crippen LogP contribution is -2.50. The summed E-state index contributed by atoms with van der Waals surface area (Å²) in [5.74, 6) is 1.13. The minimum Gasteiger partial charge on any atom is -0.540 e. The minimum absolute atomic E-state index is 0.0687. The van der Waals surface area contributed by atoms with Crippen LogP contribution in [0.25, 0.3) is 11.1 Å². The Morgan fingerprint density at radius 3 is 1.94 bits per heavy atom. The summed E-state index contributed by atoms with van der Waals surface area (Å²) in [6.07, 6.45) is 1.38. The van der Waals surface area contributed by atoms with Crippen LogP contribution in [0.5, 0.6) is 11.5 Å². The summed E-state index contributed by atoms with van der Waals surface area (Å²) >= 11 is 3.81. The van der Waals surface area contributed by atoms with Crippen LogP contribution in [-0.2, 0) is 27.3 Å². The number of unbranched alkanes of at least 4 members (excludes halogenated alkanes) is 1. The van der Waals surface area contributed by atoms with Crippen LogP contribution in [0.1, 0.15) is 116 Å². The zero-order valence-corrected chi connectivity index (χ0v) is 41.2. The Hall–Kier alpha value is -4.81. The van der Waals surface area contributed by atoms with E-state index in [0.717, 1.165) is 43.6 Å². The van der Waals surface area contributed by atoms with Crippen molar-refractivity contribution in [3.8, 4) is 22.6 Å². The summed E-state index contributed by atoms with van der Waals surface area (Å²) in [6, 6.07) is 30.1. The van der Waals surface area contributed by atoms with E-state index in [1.54, 1.807) is 0 Å². The molecule has 340 valence electrons. The molecule has 1 atom stereocenters. The van der Waals surface area contributed by atoms with Gasteiger partial charge in [-0.25, -0.2) is 9.59 Å². The number of rotatable bonds is 21. The summed E-state index contributed by atoms with van der Waals surface area (Å²) in [5.41, 5.74) is 7.09. The fraction of sp³-hybridized carbons (Fsp3) is 0.471. The van der Waals surface area contributed by atoms with Crippen molar-refractivity contribution in [2.45, 2.75) is 135 Å². The molecule has 12 heteroatoms. The molecule has 4 aromatic rings. The normalized spacial score (nSPS) is 13.0. The van der Waals surface area contributed by atoms with E-state index in [9.17, 15) is 14.4 Å². The highest BCUT2D eigenvalue weighted by Gasteiger charge is 2.47. The first-order chi connectivity index (χ1) is 30.0. The van der Waals surface area contributed by atoms with Crippen LogP contribution >= 0.6 is 15.9 Å². The van der Waals surface area contributed by atoms with Crippen LogP contribution < -0.4 is 25.1 Å². The first-order valence-corrected chi connectivity index (χ1v) is 25.4. The Balaban J connectivity index is 1.24. The molecule has 0 saturated carbocycles. The van der Waals surface area contributed by atoms with Gasteiger partial charge < -0.3 is 34.6 Å². The molecule has 1 aliphatic carbocycles. The Labute approximate surface area is 384 Å². The van der Waals surface area contributed by atoms with Crippen molar-refractivity contribution in [1.29, 1.82) is 0 Å². The predicted molar refractivity (Wildman–Crippen MR) is 258 cm³/mol. The number of ether oxygens (including phenoxy) is 3. The molecular weight excluding hydrogens is 875 g/mol. The van der Waals surface area contributed by atoms with Crippen molar-refractivity contribution in [2.24, 2.45) is 0 Å². The van der Waals surface area contributed by atoms with Crippen molar-refractivity contribution in [1.82, 2.24) is 16.0 Å². The Morgan fingerprint density at radius 1 is 0.730 bits per heavy atom. The fourth-order valence-electron chi connectivity index (χ4n) is 8.95. The summed E-state index contributed by atoms with van der Waals surface area (Å²) in [5, 5.41) is 8.87. The van der Waals surface area contributed by atoms with E-state index in [-0.39, 0.29) is 24.9 Å². The average molecular weight is 943 g/mol. The highest BCUT2D eigenvalue weighted by Crippen LogP contribution is 2.47. The van der Waals surface area contributed by atoms with Gasteiger partial charge in [0.15, 0.2) is 5.75 Å². The zero-order valence-electron chi connectivity index (χ0n) is 38.6. The molecular formula is C51H68BrN3O7Si. The molecule has 3 amide bonds. The molecule has 0 unspecified atom stereocenters. The lowest BCUT2D eigenvalue weighted by Gasteiger charge is -2.42. The third-order valence-electron chi connectivity index (χ3n) is 11.8. The van der Waals surface area contributed by atoms with Gasteiger partial charge in [0.2, 0.25) is 5.91 Å². The molecule has 0 bridgehead atoms. The van der Waals surface area contributed by atoms with E-state index < -0.39 is 32.1 Å². The molecule has 0 fully saturated rings. The van der Waals surface area contributed by atoms with E-state index in [2.05, 4.69) is 104 Å². The Kier molecular flexibility index (Phi) is 17.7. The standard InChI is InChI=1S/C51H68BrN3O7Si/c1-34(2)63(35(3)4,36(5)6)62-46-30-38(29-45(52)48(46)59-32-37-19-11-10-12-20-37)26-28-53-47(56)31-39(21-17-18-27-54-49(57)61-51(7,8)9)55-50(58)60-33-44-42-24-15-13-22-40(42)41-23-14-16-25-43(41)44/h10-16,19-20,22-25,29-30,34-36,39,44H,17-18,21,26-28,31-33H2,1-9H3,(H,53,56)(H,54,57)(H,55,58)/t39-/m0/s1. The van der Waals surface area contributed by atoms with Gasteiger partial charge in [-0.1, -0.05) is 120 Å². The molecule has 0 saturated heterocycles. The highest BCUT2D eigenvalue weighted by atomic mass is 79.9. The monoisotopic (exact) mass is 941 g/mol. The Bertz CT molecular complexity index is 2070. The van der Waals surface area contributed by atoms with Gasteiger partial charge in [-0.15, -0.1) is 0 Å². The number of hydrogen-bond donors (Lipinski definition) is 3. The second-order valence-corrected chi connectivity index (χ2v) is 24.7. The molecule has 5 rings (SSSR count). The van der Waals surface area contributed by atoms with Gasteiger partial charge in [0, 0.05) is 31.5 Å². The number of nitrogens with one attached hydrogen (secondary N) is 3. The first-order valence-electron chi connectivity index (χ1n) is 22.5. The summed E-state index contributed by atoms with van der Waals surface area (Å²) in [6.45, 7) is 20.4. The smallest absolute Gasteiger partial charge is 0.407 e. The van der Waals surface area contributed by atoms with Crippen LogP contribution in [0.15, 0.2) is 95.5 Å². The van der Waals surface area contributed by atoms with Crippen molar-refractivity contribution in [2.75, 3.05) is 19.7 Å². The van der Waals surface area contributed by atoms with Crippen molar-refractivity contribution in [3.63, 3.8) is 0 Å². The molecule has 63 heavy (non-hydrogen) atoms.